The number of para-hydroxylation sites is 1. The van der Waals surface area contributed by atoms with E-state index >= 15 is 0 Å². The molecule has 0 fully saturated rings. The Hall–Kier alpha value is -1.79. The lowest BCUT2D eigenvalue weighted by Crippen LogP contribution is -2.27. The number of ether oxygens (including phenoxy) is 1. The molecule has 0 unspecified atom stereocenters. The Morgan fingerprint density at radius 1 is 1.50 bits per heavy atom. The number of carbonyl (C=O) groups excluding carboxylic acids is 1. The van der Waals surface area contributed by atoms with E-state index in [0.29, 0.717) is 5.02 Å². The van der Waals surface area contributed by atoms with Crippen molar-refractivity contribution in [3.8, 4) is 0 Å². The summed E-state index contributed by atoms with van der Waals surface area (Å²) in [5.74, 6) is -1.28. The number of methoxy groups -OCH3 is 1. The second-order valence-electron chi connectivity index (χ2n) is 3.92. The number of carboxylic acids is 1. The third kappa shape index (κ3) is 6.40. The maximum Gasteiger partial charge on any atom is 0.327 e. The van der Waals surface area contributed by atoms with E-state index in [2.05, 4.69) is 15.8 Å². The molecule has 0 saturated heterocycles. The lowest BCUT2D eigenvalue weighted by Gasteiger charge is -2.16. The summed E-state index contributed by atoms with van der Waals surface area (Å²) in [4.78, 5) is 20.5. The minimum atomic E-state index is -0.968. The van der Waals surface area contributed by atoms with E-state index in [4.69, 9.17) is 16.7 Å². The summed E-state index contributed by atoms with van der Waals surface area (Å²) >= 11 is 6.01. The SMILES string of the molecule is COC(=O)[C@H](C)Nc1c(C)cccc1Cl.NCC(=O)O. The van der Waals surface area contributed by atoms with Crippen LogP contribution in [0.15, 0.2) is 18.2 Å². The highest BCUT2D eigenvalue weighted by Gasteiger charge is 2.14. The van der Waals surface area contributed by atoms with Gasteiger partial charge < -0.3 is 20.9 Å². The van der Waals surface area contributed by atoms with Crippen molar-refractivity contribution in [2.45, 2.75) is 19.9 Å². The quantitative estimate of drug-likeness (QED) is 0.731. The minimum Gasteiger partial charge on any atom is -0.480 e. The highest BCUT2D eigenvalue weighted by atomic mass is 35.5. The number of nitrogens with one attached hydrogen (secondary N) is 1. The predicted molar refractivity (Wildman–Crippen MR) is 78.0 cm³/mol. The Morgan fingerprint density at radius 2 is 2.05 bits per heavy atom. The fourth-order valence-electron chi connectivity index (χ4n) is 1.27. The van der Waals surface area contributed by atoms with Gasteiger partial charge in [-0.25, -0.2) is 4.79 Å². The number of nitrogens with two attached hydrogens (primary N) is 1. The summed E-state index contributed by atoms with van der Waals surface area (Å²) in [5, 5.41) is 11.2. The molecule has 112 valence electrons. The summed E-state index contributed by atoms with van der Waals surface area (Å²) in [6.45, 7) is 3.38. The second kappa shape index (κ2) is 9.17. The van der Waals surface area contributed by atoms with Gasteiger partial charge in [0.05, 0.1) is 24.4 Å². The number of benzene rings is 1. The Labute approximate surface area is 122 Å². The first kappa shape index (κ1) is 18.2. The maximum atomic E-state index is 11.2. The van der Waals surface area contributed by atoms with Crippen LogP contribution in [0.2, 0.25) is 5.02 Å². The number of aryl methyl sites for hydroxylation is 1. The van der Waals surface area contributed by atoms with Crippen molar-refractivity contribution in [3.05, 3.63) is 28.8 Å². The lowest BCUT2D eigenvalue weighted by molar-refractivity contribution is -0.141. The molecule has 0 aliphatic heterocycles. The van der Waals surface area contributed by atoms with Crippen LogP contribution in [0.3, 0.4) is 0 Å². The smallest absolute Gasteiger partial charge is 0.327 e. The number of halogens is 1. The monoisotopic (exact) mass is 302 g/mol. The van der Waals surface area contributed by atoms with E-state index in [1.54, 1.807) is 13.0 Å². The zero-order valence-electron chi connectivity index (χ0n) is 11.6. The summed E-state index contributed by atoms with van der Waals surface area (Å²) in [7, 11) is 1.36. The van der Waals surface area contributed by atoms with Crippen molar-refractivity contribution in [1.82, 2.24) is 0 Å². The van der Waals surface area contributed by atoms with Gasteiger partial charge in [0.15, 0.2) is 0 Å². The van der Waals surface area contributed by atoms with E-state index in [0.717, 1.165) is 11.3 Å². The lowest BCUT2D eigenvalue weighted by atomic mass is 10.2. The van der Waals surface area contributed by atoms with Gasteiger partial charge in [-0.1, -0.05) is 23.7 Å². The third-order valence-corrected chi connectivity index (χ3v) is 2.63. The van der Waals surface area contributed by atoms with Gasteiger partial charge in [0.25, 0.3) is 0 Å². The average molecular weight is 303 g/mol. The molecule has 1 aromatic carbocycles. The molecule has 1 rings (SSSR count). The van der Waals surface area contributed by atoms with E-state index < -0.39 is 12.0 Å². The van der Waals surface area contributed by atoms with Crippen molar-refractivity contribution < 1.29 is 19.4 Å². The average Bonchev–Trinajstić information content (AvgIpc) is 2.42. The molecule has 1 atom stereocenters. The number of hydrogen-bond acceptors (Lipinski definition) is 5. The third-order valence-electron chi connectivity index (χ3n) is 2.31. The minimum absolute atomic E-state index is 0.278. The van der Waals surface area contributed by atoms with Crippen molar-refractivity contribution in [1.29, 1.82) is 0 Å². The number of rotatable bonds is 4. The maximum absolute atomic E-state index is 11.2. The Balaban J connectivity index is 0.000000621. The number of carboxylic acid groups (broad SMARTS) is 1. The zero-order valence-corrected chi connectivity index (χ0v) is 12.4. The van der Waals surface area contributed by atoms with Crippen LogP contribution in [-0.2, 0) is 14.3 Å². The Bertz CT molecular complexity index is 445. The van der Waals surface area contributed by atoms with Gasteiger partial charge in [-0.15, -0.1) is 0 Å². The molecule has 0 aromatic heterocycles. The Kier molecular flexibility index (Phi) is 8.35. The first-order chi connectivity index (χ1) is 9.33. The molecule has 0 amide bonds. The van der Waals surface area contributed by atoms with Gasteiger partial charge in [0, 0.05) is 0 Å². The molecule has 0 spiro atoms. The summed E-state index contributed by atoms with van der Waals surface area (Å²) < 4.78 is 4.62. The molecule has 0 bridgehead atoms. The summed E-state index contributed by atoms with van der Waals surface area (Å²) in [5.41, 5.74) is 6.35. The standard InChI is InChI=1S/C11H14ClNO2.C2H5NO2/c1-7-5-4-6-9(12)10(7)13-8(2)11(14)15-3;3-1-2(4)5/h4-6,8,13H,1-3H3;1,3H2,(H,4,5)/t8-;/m0./s1. The molecular weight excluding hydrogens is 284 g/mol. The normalized spacial score (nSPS) is 10.8. The Morgan fingerprint density at radius 3 is 2.45 bits per heavy atom. The molecule has 0 aliphatic rings. The van der Waals surface area contributed by atoms with E-state index in [9.17, 15) is 9.59 Å². The van der Waals surface area contributed by atoms with Gasteiger partial charge in [-0.2, -0.15) is 0 Å². The summed E-state index contributed by atoms with van der Waals surface area (Å²) in [6, 6.07) is 5.17. The first-order valence-electron chi connectivity index (χ1n) is 5.84. The molecule has 6 nitrogen and oxygen atoms in total. The molecule has 20 heavy (non-hydrogen) atoms. The molecule has 0 radical (unpaired) electrons. The molecule has 4 N–H and O–H groups in total. The van der Waals surface area contributed by atoms with Crippen molar-refractivity contribution in [2.75, 3.05) is 19.0 Å². The van der Waals surface area contributed by atoms with Crippen LogP contribution >= 0.6 is 11.6 Å². The van der Waals surface area contributed by atoms with Crippen LogP contribution in [0.4, 0.5) is 5.69 Å². The van der Waals surface area contributed by atoms with Crippen molar-refractivity contribution in [3.63, 3.8) is 0 Å². The fourth-order valence-corrected chi connectivity index (χ4v) is 1.54. The van der Waals surface area contributed by atoms with Crippen LogP contribution in [0, 0.1) is 6.92 Å². The van der Waals surface area contributed by atoms with E-state index in [-0.39, 0.29) is 12.5 Å². The van der Waals surface area contributed by atoms with Gasteiger partial charge in [-0.3, -0.25) is 4.79 Å². The number of anilines is 1. The molecule has 0 saturated carbocycles. The highest BCUT2D eigenvalue weighted by molar-refractivity contribution is 6.33. The van der Waals surface area contributed by atoms with Crippen LogP contribution in [0.1, 0.15) is 12.5 Å². The molecule has 0 aliphatic carbocycles. The number of carbonyl (C=O) groups is 2. The van der Waals surface area contributed by atoms with Crippen molar-refractivity contribution >= 4 is 29.2 Å². The number of esters is 1. The summed E-state index contributed by atoms with van der Waals surface area (Å²) in [6.07, 6.45) is 0. The molecular formula is C13H19ClN2O4. The van der Waals surface area contributed by atoms with E-state index in [1.165, 1.54) is 7.11 Å². The van der Waals surface area contributed by atoms with Crippen LogP contribution < -0.4 is 11.1 Å². The van der Waals surface area contributed by atoms with Crippen LogP contribution in [-0.4, -0.2) is 36.7 Å². The van der Waals surface area contributed by atoms with Gasteiger partial charge in [-0.05, 0) is 25.5 Å². The first-order valence-corrected chi connectivity index (χ1v) is 6.22. The van der Waals surface area contributed by atoms with E-state index in [1.807, 2.05) is 19.1 Å². The van der Waals surface area contributed by atoms with Gasteiger partial charge >= 0.3 is 11.9 Å². The van der Waals surface area contributed by atoms with Crippen LogP contribution in [0.5, 0.6) is 0 Å². The zero-order chi connectivity index (χ0) is 15.7. The highest BCUT2D eigenvalue weighted by Crippen LogP contribution is 2.25. The second-order valence-corrected chi connectivity index (χ2v) is 4.33. The molecule has 1 aromatic rings. The van der Waals surface area contributed by atoms with Crippen LogP contribution in [0.25, 0.3) is 0 Å². The predicted octanol–water partition coefficient (Wildman–Crippen LogP) is 1.65. The van der Waals surface area contributed by atoms with Crippen molar-refractivity contribution in [2.24, 2.45) is 5.73 Å². The van der Waals surface area contributed by atoms with Gasteiger partial charge in [0.2, 0.25) is 0 Å². The number of hydrogen-bond donors (Lipinski definition) is 3. The molecule has 0 heterocycles. The van der Waals surface area contributed by atoms with Gasteiger partial charge in [0.1, 0.15) is 6.04 Å². The fraction of sp³-hybridized carbons (Fsp3) is 0.385. The topological polar surface area (TPSA) is 102 Å². The molecule has 7 heteroatoms. The largest absolute Gasteiger partial charge is 0.480 e. The number of aliphatic carboxylic acids is 1.